The van der Waals surface area contributed by atoms with Crippen LogP contribution in [-0.2, 0) is 4.79 Å². The third-order valence-corrected chi connectivity index (χ3v) is 6.18. The Morgan fingerprint density at radius 3 is 2.08 bits per heavy atom. The summed E-state index contributed by atoms with van der Waals surface area (Å²) in [5, 5.41) is 13.6. The van der Waals surface area contributed by atoms with Crippen molar-refractivity contribution in [3.63, 3.8) is 0 Å². The molecule has 4 N–H and O–H groups in total. The highest BCUT2D eigenvalue weighted by Gasteiger charge is 2.26. The molecular weight excluding hydrogens is 324 g/mol. The molecule has 5 nitrogen and oxygen atoms in total. The Kier molecular flexibility index (Phi) is 8.12. The molecule has 2 saturated carbocycles. The van der Waals surface area contributed by atoms with Gasteiger partial charge in [0.25, 0.3) is 0 Å². The monoisotopic (exact) mass is 362 g/mol. The minimum atomic E-state index is -0.124. The van der Waals surface area contributed by atoms with E-state index in [1.807, 2.05) is 6.20 Å². The maximum Gasteiger partial charge on any atom is 0.237 e. The molecule has 0 aromatic carbocycles. The molecule has 0 saturated heterocycles. The van der Waals surface area contributed by atoms with Gasteiger partial charge in [0, 0.05) is 30.4 Å². The maximum absolute atomic E-state index is 13.1. The quantitative estimate of drug-likeness (QED) is 0.548. The number of amides is 1. The lowest BCUT2D eigenvalue weighted by Gasteiger charge is -2.28. The van der Waals surface area contributed by atoms with Crippen LogP contribution in [0.2, 0.25) is 0 Å². The van der Waals surface area contributed by atoms with Crippen LogP contribution in [0.15, 0.2) is 11.9 Å². The van der Waals surface area contributed by atoms with E-state index in [0.29, 0.717) is 12.1 Å². The predicted molar refractivity (Wildman–Crippen MR) is 107 cm³/mol. The predicted octanol–water partition coefficient (Wildman–Crippen LogP) is 3.28. The first-order valence-corrected chi connectivity index (χ1v) is 11.0. The zero-order valence-corrected chi connectivity index (χ0v) is 16.3. The van der Waals surface area contributed by atoms with Crippen LogP contribution >= 0.6 is 0 Å². The van der Waals surface area contributed by atoms with E-state index in [1.54, 1.807) is 0 Å². The van der Waals surface area contributed by atoms with E-state index in [0.717, 1.165) is 31.6 Å². The van der Waals surface area contributed by atoms with Crippen LogP contribution in [0.4, 0.5) is 0 Å². The third-order valence-electron chi connectivity index (χ3n) is 6.18. The van der Waals surface area contributed by atoms with Crippen molar-refractivity contribution in [3.05, 3.63) is 11.9 Å². The molecule has 26 heavy (non-hydrogen) atoms. The fourth-order valence-electron chi connectivity index (χ4n) is 4.60. The van der Waals surface area contributed by atoms with E-state index in [9.17, 15) is 4.79 Å². The van der Waals surface area contributed by atoms with Crippen molar-refractivity contribution >= 4 is 5.91 Å². The van der Waals surface area contributed by atoms with Gasteiger partial charge < -0.3 is 21.3 Å². The molecule has 2 aliphatic carbocycles. The van der Waals surface area contributed by atoms with E-state index in [2.05, 4.69) is 21.3 Å². The van der Waals surface area contributed by atoms with Gasteiger partial charge in [-0.2, -0.15) is 0 Å². The molecule has 3 rings (SSSR count). The van der Waals surface area contributed by atoms with Gasteiger partial charge in [-0.3, -0.25) is 4.79 Å². The summed E-state index contributed by atoms with van der Waals surface area (Å²) >= 11 is 0. The molecule has 1 amide bonds. The maximum atomic E-state index is 13.1. The van der Waals surface area contributed by atoms with Crippen LogP contribution in [0.1, 0.15) is 89.9 Å². The summed E-state index contributed by atoms with van der Waals surface area (Å²) in [6, 6.07) is 0.728. The van der Waals surface area contributed by atoms with Crippen molar-refractivity contribution in [3.8, 4) is 0 Å². The fraction of sp³-hybridized carbons (Fsp3) is 0.857. The van der Waals surface area contributed by atoms with Crippen LogP contribution in [0.25, 0.3) is 0 Å². The Labute approximate surface area is 159 Å². The second-order valence-corrected chi connectivity index (χ2v) is 8.39. The lowest BCUT2D eigenvalue weighted by atomic mass is 9.95. The van der Waals surface area contributed by atoms with Gasteiger partial charge in [0.05, 0.1) is 12.7 Å². The summed E-state index contributed by atoms with van der Waals surface area (Å²) in [5.41, 5.74) is 1.14. The third kappa shape index (κ3) is 6.49. The Bertz CT molecular complexity index is 449. The fourth-order valence-corrected chi connectivity index (χ4v) is 4.60. The molecule has 5 heteroatoms. The average molecular weight is 363 g/mol. The highest BCUT2D eigenvalue weighted by molar-refractivity contribution is 5.82. The molecule has 1 heterocycles. The van der Waals surface area contributed by atoms with Gasteiger partial charge in [-0.05, 0) is 25.7 Å². The van der Waals surface area contributed by atoms with Gasteiger partial charge >= 0.3 is 0 Å². The number of rotatable bonds is 6. The molecular formula is C21H38N4O. The number of carbonyl (C=O) groups excluding carboxylic acids is 1. The van der Waals surface area contributed by atoms with E-state index in [4.69, 9.17) is 0 Å². The van der Waals surface area contributed by atoms with E-state index in [1.165, 1.54) is 70.6 Å². The number of hydrogen-bond donors (Lipinski definition) is 4. The number of nitrogens with one attached hydrogen (secondary N) is 4. The minimum Gasteiger partial charge on any atom is -0.372 e. The van der Waals surface area contributed by atoms with Crippen LogP contribution in [-0.4, -0.2) is 30.7 Å². The van der Waals surface area contributed by atoms with Crippen molar-refractivity contribution < 1.29 is 4.79 Å². The molecule has 0 radical (unpaired) electrons. The molecule has 1 atom stereocenters. The molecule has 3 aliphatic rings. The van der Waals surface area contributed by atoms with Crippen molar-refractivity contribution in [2.24, 2.45) is 0 Å². The average Bonchev–Trinajstić information content (AvgIpc) is 2.99. The SMILES string of the molecule is O=C(NC1CCCCCC1)C(CC1=CNCN1)NC1CCCCCCC1. The molecule has 0 aromatic rings. The first-order chi connectivity index (χ1) is 12.8. The van der Waals surface area contributed by atoms with Crippen LogP contribution in [0, 0.1) is 0 Å². The highest BCUT2D eigenvalue weighted by atomic mass is 16.2. The lowest BCUT2D eigenvalue weighted by molar-refractivity contribution is -0.124. The van der Waals surface area contributed by atoms with Crippen LogP contribution in [0.3, 0.4) is 0 Å². The summed E-state index contributed by atoms with van der Waals surface area (Å²) in [6.07, 6.45) is 19.2. The molecule has 0 aromatic heterocycles. The van der Waals surface area contributed by atoms with Gasteiger partial charge in [-0.15, -0.1) is 0 Å². The van der Waals surface area contributed by atoms with Crippen molar-refractivity contribution in [1.29, 1.82) is 0 Å². The summed E-state index contributed by atoms with van der Waals surface area (Å²) < 4.78 is 0. The van der Waals surface area contributed by atoms with E-state index in [-0.39, 0.29) is 11.9 Å². The minimum absolute atomic E-state index is 0.124. The van der Waals surface area contributed by atoms with Gasteiger partial charge in [-0.1, -0.05) is 57.8 Å². The molecule has 148 valence electrons. The van der Waals surface area contributed by atoms with Crippen LogP contribution < -0.4 is 21.3 Å². The number of hydrogen-bond acceptors (Lipinski definition) is 4. The summed E-state index contributed by atoms with van der Waals surface area (Å²) in [5.74, 6) is 0.202. The molecule has 0 bridgehead atoms. The molecule has 2 fully saturated rings. The zero-order valence-electron chi connectivity index (χ0n) is 16.3. The van der Waals surface area contributed by atoms with E-state index < -0.39 is 0 Å². The molecule has 0 spiro atoms. The Hall–Kier alpha value is -1.23. The Balaban J connectivity index is 1.58. The Morgan fingerprint density at radius 2 is 1.50 bits per heavy atom. The van der Waals surface area contributed by atoms with E-state index >= 15 is 0 Å². The van der Waals surface area contributed by atoms with Gasteiger partial charge in [0.15, 0.2) is 0 Å². The number of carbonyl (C=O) groups is 1. The van der Waals surface area contributed by atoms with Crippen LogP contribution in [0.5, 0.6) is 0 Å². The lowest BCUT2D eigenvalue weighted by Crippen LogP contribution is -2.51. The second kappa shape index (κ2) is 10.8. The largest absolute Gasteiger partial charge is 0.372 e. The molecule has 1 aliphatic heterocycles. The van der Waals surface area contributed by atoms with Gasteiger partial charge in [0.1, 0.15) is 0 Å². The van der Waals surface area contributed by atoms with Gasteiger partial charge in [0.2, 0.25) is 5.91 Å². The first-order valence-electron chi connectivity index (χ1n) is 11.0. The molecule has 1 unspecified atom stereocenters. The van der Waals surface area contributed by atoms with Crippen molar-refractivity contribution in [1.82, 2.24) is 21.3 Å². The zero-order chi connectivity index (χ0) is 18.0. The normalized spacial score (nSPS) is 24.4. The summed E-state index contributed by atoms with van der Waals surface area (Å²) in [7, 11) is 0. The topological polar surface area (TPSA) is 65.2 Å². The standard InChI is InChI=1S/C21H38N4O/c26-21(25-18-12-8-4-5-9-13-18)20(14-19-15-22-16-23-19)24-17-10-6-2-1-3-7-11-17/h15,17-18,20,22-24H,1-14,16H2,(H,25,26). The smallest absolute Gasteiger partial charge is 0.237 e. The van der Waals surface area contributed by atoms with Crippen molar-refractivity contribution in [2.45, 2.75) is 108 Å². The highest BCUT2D eigenvalue weighted by Crippen LogP contribution is 2.20. The van der Waals surface area contributed by atoms with Gasteiger partial charge in [-0.25, -0.2) is 0 Å². The second-order valence-electron chi connectivity index (χ2n) is 8.39. The van der Waals surface area contributed by atoms with Crippen molar-refractivity contribution in [2.75, 3.05) is 6.67 Å². The summed E-state index contributed by atoms with van der Waals surface area (Å²) in [6.45, 7) is 0.774. The summed E-state index contributed by atoms with van der Waals surface area (Å²) in [4.78, 5) is 13.1. The first kappa shape index (κ1) is 19.5. The Morgan fingerprint density at radius 1 is 0.923 bits per heavy atom.